The third-order valence-electron chi connectivity index (χ3n) is 1.67. The molecule has 0 saturated carbocycles. The summed E-state index contributed by atoms with van der Waals surface area (Å²) < 4.78 is 0. The number of nitrogens with zero attached hydrogens (tertiary/aromatic N) is 2. The van der Waals surface area contributed by atoms with Gasteiger partial charge in [0, 0.05) is 12.1 Å². The van der Waals surface area contributed by atoms with Gasteiger partial charge in [-0.2, -0.15) is 60.7 Å². The van der Waals surface area contributed by atoms with Gasteiger partial charge in [0.15, 0.2) is 0 Å². The summed E-state index contributed by atoms with van der Waals surface area (Å²) >= 11 is 0. The Labute approximate surface area is 114 Å². The predicted molar refractivity (Wildman–Crippen MR) is 60.0 cm³/mol. The van der Waals surface area contributed by atoms with Crippen LogP contribution in [0.15, 0.2) is 48.5 Å². The van der Waals surface area contributed by atoms with Gasteiger partial charge in [-0.05, 0) is 0 Å². The van der Waals surface area contributed by atoms with E-state index in [4.69, 9.17) is 10.5 Å². The van der Waals surface area contributed by atoms with Crippen LogP contribution in [0.5, 0.6) is 0 Å². The first-order valence-electron chi connectivity index (χ1n) is 4.59. The van der Waals surface area contributed by atoms with E-state index in [0.29, 0.717) is 11.1 Å². The maximum Gasteiger partial charge on any atom is 2.00 e. The molecule has 2 nitrogen and oxygen atoms in total. The number of rotatable bonds is 0. The van der Waals surface area contributed by atoms with Crippen LogP contribution < -0.4 is 0 Å². The minimum absolute atomic E-state index is 0. The summed E-state index contributed by atoms with van der Waals surface area (Å²) in [5.41, 5.74) is 1.32. The maximum atomic E-state index is 8.27. The minimum Gasteiger partial charge on any atom is -0.208 e. The summed E-state index contributed by atoms with van der Waals surface area (Å²) in [6.07, 6.45) is 0. The first-order chi connectivity index (χ1) is 7.86. The van der Waals surface area contributed by atoms with E-state index >= 15 is 0 Å². The third-order valence-corrected chi connectivity index (χ3v) is 1.67. The number of nitriles is 2. The van der Waals surface area contributed by atoms with E-state index in [0.717, 1.165) is 0 Å². The molecule has 0 unspecified atom stereocenters. The minimum atomic E-state index is 0. The van der Waals surface area contributed by atoms with E-state index in [1.165, 1.54) is 0 Å². The molecule has 0 N–H and O–H groups in total. The zero-order valence-corrected chi connectivity index (χ0v) is 12.2. The van der Waals surface area contributed by atoms with Crippen molar-refractivity contribution in [1.29, 1.82) is 10.5 Å². The summed E-state index contributed by atoms with van der Waals surface area (Å²) in [6.45, 7) is 0. The second kappa shape index (κ2) is 9.28. The molecule has 0 heterocycles. The van der Waals surface area contributed by atoms with Crippen molar-refractivity contribution in [3.05, 3.63) is 71.8 Å². The van der Waals surface area contributed by atoms with Crippen molar-refractivity contribution in [3.8, 4) is 12.1 Å². The largest absolute Gasteiger partial charge is 2.00 e. The van der Waals surface area contributed by atoms with E-state index in [-0.39, 0.29) is 19.5 Å². The molecule has 76 valence electrons. The molecule has 2 aromatic rings. The number of hydrogen-bond donors (Lipinski definition) is 0. The van der Waals surface area contributed by atoms with Gasteiger partial charge in [-0.25, -0.2) is 10.5 Å². The van der Waals surface area contributed by atoms with Crippen LogP contribution in [0.1, 0.15) is 11.1 Å². The fourth-order valence-corrected chi connectivity index (χ4v) is 0.926. The first kappa shape index (κ1) is 15.0. The Morgan fingerprint density at radius 1 is 0.824 bits per heavy atom. The average Bonchev–Trinajstić information content (AvgIpc) is 2.41. The molecule has 0 aliphatic carbocycles. The van der Waals surface area contributed by atoms with Crippen LogP contribution in [0.3, 0.4) is 0 Å². The molecule has 0 radical (unpaired) electrons. The van der Waals surface area contributed by atoms with Gasteiger partial charge in [-0.1, -0.05) is 11.1 Å². The van der Waals surface area contributed by atoms with E-state index < -0.39 is 0 Å². The molecule has 2 rings (SSSR count). The predicted octanol–water partition coefficient (Wildman–Crippen LogP) is 2.71. The molecule has 0 fully saturated rings. The first-order valence-corrected chi connectivity index (χ1v) is 4.59. The van der Waals surface area contributed by atoms with Crippen molar-refractivity contribution in [2.75, 3.05) is 0 Å². The molecule has 0 aliphatic heterocycles. The molecule has 3 heteroatoms. The van der Waals surface area contributed by atoms with E-state index in [1.54, 1.807) is 48.5 Å². The number of hydrogen-bond acceptors (Lipinski definition) is 2. The molecule has 2 aromatic carbocycles. The van der Waals surface area contributed by atoms with Crippen LogP contribution in [0.2, 0.25) is 0 Å². The van der Waals surface area contributed by atoms with Gasteiger partial charge in [-0.3, -0.25) is 0 Å². The van der Waals surface area contributed by atoms with Gasteiger partial charge in [0.05, 0.1) is 0 Å². The molecule has 0 aromatic heterocycles. The van der Waals surface area contributed by atoms with E-state index in [2.05, 4.69) is 12.1 Å². The second-order valence-electron chi connectivity index (χ2n) is 2.81. The molecule has 17 heavy (non-hydrogen) atoms. The van der Waals surface area contributed by atoms with Crippen LogP contribution in [-0.2, 0) is 19.5 Å². The topological polar surface area (TPSA) is 47.6 Å². The van der Waals surface area contributed by atoms with E-state index in [1.807, 2.05) is 12.1 Å². The fraction of sp³-hybridized carbons (Fsp3) is 0. The molecule has 0 amide bonds. The van der Waals surface area contributed by atoms with Crippen molar-refractivity contribution < 1.29 is 19.5 Å². The summed E-state index contributed by atoms with van der Waals surface area (Å²) in [5, 5.41) is 16.5. The summed E-state index contributed by atoms with van der Waals surface area (Å²) in [4.78, 5) is 0. The van der Waals surface area contributed by atoms with E-state index in [9.17, 15) is 0 Å². The fourth-order valence-electron chi connectivity index (χ4n) is 0.926. The monoisotopic (exact) mass is 268 g/mol. The third kappa shape index (κ3) is 6.26. The average molecular weight is 270 g/mol. The Hall–Kier alpha value is -1.96. The Balaban J connectivity index is 0.000000284. The van der Waals surface area contributed by atoms with Gasteiger partial charge in [-0.15, -0.1) is 0 Å². The molecule has 0 spiro atoms. The zero-order chi connectivity index (χ0) is 11.6. The van der Waals surface area contributed by atoms with Crippen LogP contribution in [0.25, 0.3) is 0 Å². The Morgan fingerprint density at radius 2 is 1.24 bits per heavy atom. The normalized spacial score (nSPS) is 7.41. The summed E-state index contributed by atoms with van der Waals surface area (Å²) in [7, 11) is 0. The molecular weight excluding hydrogens is 262 g/mol. The molecule has 0 aliphatic rings. The van der Waals surface area contributed by atoms with Crippen LogP contribution >= 0.6 is 0 Å². The Bertz CT molecular complexity index is 446. The van der Waals surface area contributed by atoms with Crippen molar-refractivity contribution in [3.63, 3.8) is 0 Å². The smallest absolute Gasteiger partial charge is 0.208 e. The van der Waals surface area contributed by atoms with Crippen LogP contribution in [-0.4, -0.2) is 0 Å². The van der Waals surface area contributed by atoms with Crippen LogP contribution in [0, 0.1) is 34.8 Å². The van der Waals surface area contributed by atoms with Crippen molar-refractivity contribution in [2.45, 2.75) is 0 Å². The van der Waals surface area contributed by atoms with Gasteiger partial charge >= 0.3 is 19.5 Å². The van der Waals surface area contributed by atoms with Gasteiger partial charge in [0.1, 0.15) is 0 Å². The van der Waals surface area contributed by atoms with Crippen molar-refractivity contribution in [1.82, 2.24) is 0 Å². The number of benzene rings is 2. The van der Waals surface area contributed by atoms with Gasteiger partial charge in [0.25, 0.3) is 0 Å². The molecule has 0 bridgehead atoms. The Kier molecular flexibility index (Phi) is 8.21. The van der Waals surface area contributed by atoms with Gasteiger partial charge in [0.2, 0.25) is 0 Å². The molecular formula is C14H8N2Zn. The SMILES string of the molecule is N#Cc1c[c-]ccc1.N#Cc1c[c-]ccc1.[Zn+2]. The summed E-state index contributed by atoms with van der Waals surface area (Å²) in [6, 6.07) is 23.5. The molecule has 0 atom stereocenters. The summed E-state index contributed by atoms with van der Waals surface area (Å²) in [5.74, 6) is 0. The Morgan fingerprint density at radius 3 is 1.41 bits per heavy atom. The zero-order valence-electron chi connectivity index (χ0n) is 9.22. The van der Waals surface area contributed by atoms with Crippen LogP contribution in [0.4, 0.5) is 0 Å². The van der Waals surface area contributed by atoms with Gasteiger partial charge < -0.3 is 0 Å². The maximum absolute atomic E-state index is 8.27. The van der Waals surface area contributed by atoms with Crippen molar-refractivity contribution >= 4 is 0 Å². The second-order valence-corrected chi connectivity index (χ2v) is 2.81. The molecule has 0 saturated heterocycles. The quantitative estimate of drug-likeness (QED) is 0.545. The van der Waals surface area contributed by atoms with Crippen molar-refractivity contribution in [2.24, 2.45) is 0 Å². The standard InChI is InChI=1S/2C7H4N.Zn/c2*8-6-7-4-2-1-3-5-7;/h2*1-2,4-5H;/q2*-1;+2.